The predicted molar refractivity (Wildman–Crippen MR) is 84.7 cm³/mol. The zero-order valence-electron chi connectivity index (χ0n) is 13.0. The van der Waals surface area contributed by atoms with Crippen LogP contribution in [0.4, 0.5) is 5.69 Å². The minimum atomic E-state index is -0.201. The molecule has 1 atom stereocenters. The molecule has 6 heteroatoms. The molecule has 22 heavy (non-hydrogen) atoms. The molecule has 1 aliphatic heterocycles. The average Bonchev–Trinajstić information content (AvgIpc) is 3.00. The second-order valence-electron chi connectivity index (χ2n) is 5.58. The van der Waals surface area contributed by atoms with E-state index < -0.39 is 0 Å². The van der Waals surface area contributed by atoms with E-state index in [-0.39, 0.29) is 11.9 Å². The fourth-order valence-electron chi connectivity index (χ4n) is 2.91. The van der Waals surface area contributed by atoms with Crippen molar-refractivity contribution in [3.05, 3.63) is 42.7 Å². The van der Waals surface area contributed by atoms with Gasteiger partial charge in [0.2, 0.25) is 5.91 Å². The van der Waals surface area contributed by atoms with Gasteiger partial charge in [0.05, 0.1) is 11.9 Å². The molecule has 3 rings (SSSR count). The molecule has 1 saturated heterocycles. The maximum absolute atomic E-state index is 12.6. The Bertz CT molecular complexity index is 631. The third-order valence-electron chi connectivity index (χ3n) is 4.24. The van der Waals surface area contributed by atoms with Gasteiger partial charge >= 0.3 is 0 Å². The highest BCUT2D eigenvalue weighted by Gasteiger charge is 2.26. The smallest absolute Gasteiger partial charge is 0.245 e. The summed E-state index contributed by atoms with van der Waals surface area (Å²) in [5.74, 6) is 1.03. The summed E-state index contributed by atoms with van der Waals surface area (Å²) in [6.07, 6.45) is 7.25. The molecule has 0 radical (unpaired) electrons. The molecular weight excluding hydrogens is 278 g/mol. The van der Waals surface area contributed by atoms with Gasteiger partial charge in [0, 0.05) is 44.8 Å². The minimum Gasteiger partial charge on any atom is -0.367 e. The third kappa shape index (κ3) is 2.81. The van der Waals surface area contributed by atoms with Crippen molar-refractivity contribution < 1.29 is 4.79 Å². The number of piperazine rings is 1. The van der Waals surface area contributed by atoms with E-state index in [1.54, 1.807) is 12.4 Å². The van der Waals surface area contributed by atoms with Crippen LogP contribution in [0.15, 0.2) is 36.9 Å². The van der Waals surface area contributed by atoms with Crippen molar-refractivity contribution in [2.75, 3.05) is 31.1 Å². The van der Waals surface area contributed by atoms with E-state index in [1.165, 1.54) is 0 Å². The Labute approximate surface area is 130 Å². The van der Waals surface area contributed by atoms with Gasteiger partial charge in [-0.2, -0.15) is 0 Å². The van der Waals surface area contributed by atoms with Gasteiger partial charge in [-0.25, -0.2) is 4.98 Å². The van der Waals surface area contributed by atoms with Gasteiger partial charge in [-0.1, -0.05) is 0 Å². The van der Waals surface area contributed by atoms with Crippen LogP contribution in [0.2, 0.25) is 0 Å². The fourth-order valence-corrected chi connectivity index (χ4v) is 2.91. The SMILES string of the molecule is Cc1nccn1C(C)C(=O)N1CCN(c2cccnc2)CC1. The minimum absolute atomic E-state index is 0.159. The number of nitrogens with zero attached hydrogens (tertiary/aromatic N) is 5. The fraction of sp³-hybridized carbons (Fsp3) is 0.438. The Balaban J connectivity index is 1.62. The van der Waals surface area contributed by atoms with Crippen molar-refractivity contribution in [2.24, 2.45) is 0 Å². The summed E-state index contributed by atoms with van der Waals surface area (Å²) < 4.78 is 1.93. The molecule has 1 unspecified atom stereocenters. The standard InChI is InChI=1S/C16H21N5O/c1-13(21-7-6-18-14(21)2)16(22)20-10-8-19(9-11-20)15-4-3-5-17-12-15/h3-7,12-13H,8-11H2,1-2H3. The van der Waals surface area contributed by atoms with Crippen LogP contribution in [0.3, 0.4) is 0 Å². The molecular formula is C16H21N5O. The average molecular weight is 299 g/mol. The van der Waals surface area contributed by atoms with E-state index in [0.717, 1.165) is 37.7 Å². The summed E-state index contributed by atoms with van der Waals surface area (Å²) in [6.45, 7) is 7.02. The highest BCUT2D eigenvalue weighted by Crippen LogP contribution is 2.17. The number of amides is 1. The number of aromatic nitrogens is 3. The molecule has 1 amide bonds. The first-order valence-electron chi connectivity index (χ1n) is 7.60. The predicted octanol–water partition coefficient (Wildman–Crippen LogP) is 1.50. The molecule has 2 aromatic rings. The molecule has 0 N–H and O–H groups in total. The summed E-state index contributed by atoms with van der Waals surface area (Å²) in [6, 6.07) is 3.80. The van der Waals surface area contributed by atoms with Crippen LogP contribution >= 0.6 is 0 Å². The monoisotopic (exact) mass is 299 g/mol. The van der Waals surface area contributed by atoms with Crippen molar-refractivity contribution in [3.63, 3.8) is 0 Å². The normalized spacial score (nSPS) is 16.6. The van der Waals surface area contributed by atoms with Crippen molar-refractivity contribution in [3.8, 4) is 0 Å². The lowest BCUT2D eigenvalue weighted by Crippen LogP contribution is -2.50. The van der Waals surface area contributed by atoms with E-state index in [0.29, 0.717) is 0 Å². The van der Waals surface area contributed by atoms with Crippen LogP contribution in [0.25, 0.3) is 0 Å². The number of imidazole rings is 1. The quantitative estimate of drug-likeness (QED) is 0.862. The number of aryl methyl sites for hydroxylation is 1. The number of carbonyl (C=O) groups excluding carboxylic acids is 1. The summed E-state index contributed by atoms with van der Waals surface area (Å²) in [5, 5.41) is 0. The first-order chi connectivity index (χ1) is 10.7. The lowest BCUT2D eigenvalue weighted by atomic mass is 10.2. The van der Waals surface area contributed by atoms with Crippen LogP contribution in [-0.4, -0.2) is 51.5 Å². The molecule has 3 heterocycles. The summed E-state index contributed by atoms with van der Waals surface area (Å²) in [7, 11) is 0. The lowest BCUT2D eigenvalue weighted by Gasteiger charge is -2.37. The van der Waals surface area contributed by atoms with Crippen molar-refractivity contribution >= 4 is 11.6 Å². The zero-order valence-corrected chi connectivity index (χ0v) is 13.0. The summed E-state index contributed by atoms with van der Waals surface area (Å²) in [5.41, 5.74) is 1.12. The molecule has 1 fully saturated rings. The Morgan fingerprint density at radius 3 is 2.59 bits per heavy atom. The van der Waals surface area contributed by atoms with E-state index >= 15 is 0 Å². The second kappa shape index (κ2) is 6.17. The van der Waals surface area contributed by atoms with Crippen molar-refractivity contribution in [1.82, 2.24) is 19.4 Å². The Morgan fingerprint density at radius 2 is 2.00 bits per heavy atom. The van der Waals surface area contributed by atoms with E-state index in [4.69, 9.17) is 0 Å². The molecule has 1 aliphatic rings. The number of hydrogen-bond acceptors (Lipinski definition) is 4. The number of rotatable bonds is 3. The van der Waals surface area contributed by atoms with Crippen molar-refractivity contribution in [2.45, 2.75) is 19.9 Å². The van der Waals surface area contributed by atoms with Crippen LogP contribution in [0, 0.1) is 6.92 Å². The topological polar surface area (TPSA) is 54.3 Å². The van der Waals surface area contributed by atoms with E-state index in [9.17, 15) is 4.79 Å². The van der Waals surface area contributed by atoms with Gasteiger partial charge in [-0.3, -0.25) is 9.78 Å². The highest BCUT2D eigenvalue weighted by molar-refractivity contribution is 5.80. The van der Waals surface area contributed by atoms with Gasteiger partial charge in [0.15, 0.2) is 0 Å². The maximum Gasteiger partial charge on any atom is 0.245 e. The molecule has 0 bridgehead atoms. The first kappa shape index (κ1) is 14.6. The van der Waals surface area contributed by atoms with E-state index in [2.05, 4.69) is 20.9 Å². The molecule has 0 saturated carbocycles. The lowest BCUT2D eigenvalue weighted by molar-refractivity contribution is -0.134. The number of anilines is 1. The van der Waals surface area contributed by atoms with Gasteiger partial charge < -0.3 is 14.4 Å². The van der Waals surface area contributed by atoms with Crippen LogP contribution in [0.5, 0.6) is 0 Å². The van der Waals surface area contributed by atoms with Crippen LogP contribution in [-0.2, 0) is 4.79 Å². The van der Waals surface area contributed by atoms with E-state index in [1.807, 2.05) is 41.8 Å². The largest absolute Gasteiger partial charge is 0.367 e. The molecule has 6 nitrogen and oxygen atoms in total. The van der Waals surface area contributed by atoms with Gasteiger partial charge in [0.25, 0.3) is 0 Å². The zero-order chi connectivity index (χ0) is 15.5. The maximum atomic E-state index is 12.6. The number of hydrogen-bond donors (Lipinski definition) is 0. The molecule has 116 valence electrons. The molecule has 2 aromatic heterocycles. The van der Waals surface area contributed by atoms with Crippen LogP contribution < -0.4 is 4.90 Å². The first-order valence-corrected chi connectivity index (χ1v) is 7.60. The third-order valence-corrected chi connectivity index (χ3v) is 4.24. The van der Waals surface area contributed by atoms with Gasteiger partial charge in [0.1, 0.15) is 11.9 Å². The summed E-state index contributed by atoms with van der Waals surface area (Å²) >= 11 is 0. The molecule has 0 aromatic carbocycles. The molecule has 0 spiro atoms. The number of carbonyl (C=O) groups is 1. The second-order valence-corrected chi connectivity index (χ2v) is 5.58. The van der Waals surface area contributed by atoms with Gasteiger partial charge in [-0.05, 0) is 26.0 Å². The highest BCUT2D eigenvalue weighted by atomic mass is 16.2. The van der Waals surface area contributed by atoms with Crippen molar-refractivity contribution in [1.29, 1.82) is 0 Å². The Morgan fingerprint density at radius 1 is 1.23 bits per heavy atom. The molecule has 0 aliphatic carbocycles. The summed E-state index contributed by atoms with van der Waals surface area (Å²) in [4.78, 5) is 25.2. The Hall–Kier alpha value is -2.37. The van der Waals surface area contributed by atoms with Crippen LogP contribution in [0.1, 0.15) is 18.8 Å². The Kier molecular flexibility index (Phi) is 4.09. The van der Waals surface area contributed by atoms with Gasteiger partial charge in [-0.15, -0.1) is 0 Å². The number of pyridine rings is 1.